The average Bonchev–Trinajstić information content (AvgIpc) is 2.28. The minimum Gasteiger partial charge on any atom is -0.508 e. The standard InChI is InChI=1S/C14H12Cl2OS/c1-18(14-4-2-13(17)3-5-14)9-10-6-11(15)8-12(16)7-10/h2-8H,9H2,1H3/p+1. The highest BCUT2D eigenvalue weighted by atomic mass is 35.5. The molecule has 4 heteroatoms. The van der Waals surface area contributed by atoms with Gasteiger partial charge in [-0.25, -0.2) is 0 Å². The number of hydrogen-bond acceptors (Lipinski definition) is 1. The number of phenols is 1. The maximum Gasteiger partial charge on any atom is 0.155 e. The molecule has 0 amide bonds. The Balaban J connectivity index is 2.15. The molecular weight excluding hydrogens is 287 g/mol. The third kappa shape index (κ3) is 3.58. The fourth-order valence-corrected chi connectivity index (χ4v) is 3.71. The molecule has 0 bridgehead atoms. The smallest absolute Gasteiger partial charge is 0.155 e. The fourth-order valence-electron chi connectivity index (χ4n) is 1.71. The van der Waals surface area contributed by atoms with Crippen LogP contribution in [0.4, 0.5) is 0 Å². The predicted molar refractivity (Wildman–Crippen MR) is 79.8 cm³/mol. The topological polar surface area (TPSA) is 20.2 Å². The molecule has 0 aliphatic rings. The van der Waals surface area contributed by atoms with E-state index in [9.17, 15) is 5.11 Å². The first-order chi connectivity index (χ1) is 8.54. The molecule has 2 aromatic rings. The van der Waals surface area contributed by atoms with Crippen molar-refractivity contribution in [1.82, 2.24) is 0 Å². The second-order valence-corrected chi connectivity index (χ2v) is 6.96. The summed E-state index contributed by atoms with van der Waals surface area (Å²) in [6.07, 6.45) is 2.17. The number of phenolic OH excluding ortho intramolecular Hbond substituents is 1. The van der Waals surface area contributed by atoms with Gasteiger partial charge in [-0.15, -0.1) is 0 Å². The summed E-state index contributed by atoms with van der Waals surface area (Å²) in [5.74, 6) is 1.19. The van der Waals surface area contributed by atoms with Crippen LogP contribution in [0.2, 0.25) is 10.0 Å². The molecule has 0 spiro atoms. The normalized spacial score (nSPS) is 12.4. The van der Waals surface area contributed by atoms with Crippen molar-refractivity contribution < 1.29 is 5.11 Å². The van der Waals surface area contributed by atoms with Crippen LogP contribution in [0.5, 0.6) is 5.75 Å². The lowest BCUT2D eigenvalue weighted by molar-refractivity contribution is 0.475. The van der Waals surface area contributed by atoms with Gasteiger partial charge in [0.25, 0.3) is 0 Å². The monoisotopic (exact) mass is 299 g/mol. The first-order valence-electron chi connectivity index (χ1n) is 5.41. The molecule has 0 saturated heterocycles. The van der Waals surface area contributed by atoms with E-state index in [1.807, 2.05) is 24.3 Å². The maximum absolute atomic E-state index is 9.27. The summed E-state index contributed by atoms with van der Waals surface area (Å²) in [5.41, 5.74) is 1.13. The Kier molecular flexibility index (Phi) is 4.44. The van der Waals surface area contributed by atoms with Crippen LogP contribution in [0.25, 0.3) is 0 Å². The van der Waals surface area contributed by atoms with E-state index in [-0.39, 0.29) is 10.9 Å². The highest BCUT2D eigenvalue weighted by Crippen LogP contribution is 2.24. The zero-order valence-electron chi connectivity index (χ0n) is 9.86. The Labute approximate surface area is 120 Å². The van der Waals surface area contributed by atoms with Gasteiger partial charge in [0.1, 0.15) is 17.8 Å². The van der Waals surface area contributed by atoms with E-state index in [0.717, 1.165) is 11.3 Å². The average molecular weight is 300 g/mol. The number of rotatable bonds is 3. The van der Waals surface area contributed by atoms with Gasteiger partial charge in [-0.1, -0.05) is 23.2 Å². The van der Waals surface area contributed by atoms with Gasteiger partial charge >= 0.3 is 0 Å². The first kappa shape index (κ1) is 13.6. The van der Waals surface area contributed by atoms with Crippen LogP contribution in [0.3, 0.4) is 0 Å². The van der Waals surface area contributed by atoms with Crippen LogP contribution in [0.15, 0.2) is 47.4 Å². The molecule has 1 nitrogen and oxygen atoms in total. The van der Waals surface area contributed by atoms with Crippen molar-refractivity contribution in [3.05, 3.63) is 58.1 Å². The molecule has 18 heavy (non-hydrogen) atoms. The Morgan fingerprint density at radius 2 is 1.56 bits per heavy atom. The van der Waals surface area contributed by atoms with E-state index in [1.165, 1.54) is 4.90 Å². The highest BCUT2D eigenvalue weighted by molar-refractivity contribution is 7.95. The third-order valence-electron chi connectivity index (χ3n) is 2.54. The molecule has 0 heterocycles. The van der Waals surface area contributed by atoms with Crippen LogP contribution in [0.1, 0.15) is 5.56 Å². The number of aromatic hydroxyl groups is 1. The Morgan fingerprint density at radius 1 is 1.00 bits per heavy atom. The van der Waals surface area contributed by atoms with Crippen molar-refractivity contribution >= 4 is 34.1 Å². The molecule has 0 radical (unpaired) electrons. The zero-order chi connectivity index (χ0) is 13.1. The van der Waals surface area contributed by atoms with E-state index >= 15 is 0 Å². The van der Waals surface area contributed by atoms with Gasteiger partial charge in [0.2, 0.25) is 0 Å². The van der Waals surface area contributed by atoms with Crippen molar-refractivity contribution in [3.63, 3.8) is 0 Å². The zero-order valence-corrected chi connectivity index (χ0v) is 12.2. The summed E-state index contributed by atoms with van der Waals surface area (Å²) in [6, 6.07) is 12.9. The summed E-state index contributed by atoms with van der Waals surface area (Å²) in [4.78, 5) is 1.21. The quantitative estimate of drug-likeness (QED) is 0.827. The van der Waals surface area contributed by atoms with Gasteiger partial charge in [-0.05, 0) is 42.5 Å². The van der Waals surface area contributed by atoms with Crippen LogP contribution in [0, 0.1) is 0 Å². The molecule has 0 fully saturated rings. The van der Waals surface area contributed by atoms with E-state index in [2.05, 4.69) is 6.26 Å². The Bertz CT molecular complexity index is 520. The fraction of sp³-hybridized carbons (Fsp3) is 0.143. The lowest BCUT2D eigenvalue weighted by Crippen LogP contribution is -2.03. The minimum atomic E-state index is 0.0624. The molecule has 0 aliphatic heterocycles. The van der Waals surface area contributed by atoms with Crippen molar-refractivity contribution in [2.24, 2.45) is 0 Å². The molecule has 1 atom stereocenters. The number of halogens is 2. The summed E-state index contributed by atoms with van der Waals surface area (Å²) >= 11 is 12.0. The van der Waals surface area contributed by atoms with Crippen molar-refractivity contribution in [3.8, 4) is 5.75 Å². The van der Waals surface area contributed by atoms with E-state index in [0.29, 0.717) is 15.8 Å². The summed E-state index contributed by atoms with van der Waals surface area (Å²) in [5, 5.41) is 10.6. The lowest BCUT2D eigenvalue weighted by atomic mass is 10.2. The third-order valence-corrected chi connectivity index (χ3v) is 4.82. The van der Waals surface area contributed by atoms with Crippen LogP contribution >= 0.6 is 23.2 Å². The molecule has 0 aliphatic carbocycles. The first-order valence-corrected chi connectivity index (χ1v) is 7.97. The van der Waals surface area contributed by atoms with Crippen molar-refractivity contribution in [1.29, 1.82) is 0 Å². The number of benzene rings is 2. The molecule has 1 N–H and O–H groups in total. The van der Waals surface area contributed by atoms with Gasteiger partial charge in [-0.2, -0.15) is 0 Å². The summed E-state index contributed by atoms with van der Waals surface area (Å²) in [7, 11) is 0.0624. The Morgan fingerprint density at radius 3 is 2.11 bits per heavy atom. The molecule has 2 aromatic carbocycles. The predicted octanol–water partition coefficient (Wildman–Crippen LogP) is 4.51. The molecular formula is C14H13Cl2OS+. The van der Waals surface area contributed by atoms with Crippen molar-refractivity contribution in [2.75, 3.05) is 6.26 Å². The molecule has 94 valence electrons. The molecule has 1 unspecified atom stereocenters. The summed E-state index contributed by atoms with van der Waals surface area (Å²) in [6.45, 7) is 0. The van der Waals surface area contributed by atoms with Gasteiger partial charge in [0, 0.05) is 26.5 Å². The SMILES string of the molecule is C[S+](Cc1cc(Cl)cc(Cl)c1)c1ccc(O)cc1. The van der Waals surface area contributed by atoms with Crippen molar-refractivity contribution in [2.45, 2.75) is 10.6 Å². The number of hydrogen-bond donors (Lipinski definition) is 1. The summed E-state index contributed by atoms with van der Waals surface area (Å²) < 4.78 is 0. The van der Waals surface area contributed by atoms with Gasteiger partial charge < -0.3 is 5.11 Å². The molecule has 0 aromatic heterocycles. The largest absolute Gasteiger partial charge is 0.508 e. The van der Waals surface area contributed by atoms with Crippen LogP contribution in [-0.4, -0.2) is 11.4 Å². The van der Waals surface area contributed by atoms with Crippen LogP contribution < -0.4 is 0 Å². The highest BCUT2D eigenvalue weighted by Gasteiger charge is 2.16. The Hall–Kier alpha value is -0.830. The van der Waals surface area contributed by atoms with E-state index in [1.54, 1.807) is 18.2 Å². The van der Waals surface area contributed by atoms with E-state index in [4.69, 9.17) is 23.2 Å². The van der Waals surface area contributed by atoms with Crippen LogP contribution in [-0.2, 0) is 16.6 Å². The second kappa shape index (κ2) is 5.87. The maximum atomic E-state index is 9.27. The second-order valence-electron chi connectivity index (χ2n) is 4.05. The lowest BCUT2D eigenvalue weighted by Gasteiger charge is -2.05. The van der Waals surface area contributed by atoms with Gasteiger partial charge in [0.05, 0.1) is 0 Å². The molecule has 0 saturated carbocycles. The molecule has 2 rings (SSSR count). The van der Waals surface area contributed by atoms with Gasteiger partial charge in [0.15, 0.2) is 4.90 Å². The van der Waals surface area contributed by atoms with E-state index < -0.39 is 0 Å². The van der Waals surface area contributed by atoms with Gasteiger partial charge in [-0.3, -0.25) is 0 Å². The minimum absolute atomic E-state index is 0.0624.